The summed E-state index contributed by atoms with van der Waals surface area (Å²) in [6.45, 7) is 6.56. The zero-order valence-corrected chi connectivity index (χ0v) is 15.2. The third-order valence-electron chi connectivity index (χ3n) is 4.61. The van der Waals surface area contributed by atoms with Crippen molar-refractivity contribution in [1.29, 1.82) is 0 Å². The number of hydrogen-bond acceptors (Lipinski definition) is 7. The first-order valence-electron chi connectivity index (χ1n) is 8.40. The van der Waals surface area contributed by atoms with Crippen LogP contribution in [0, 0.1) is 13.8 Å². The number of anilines is 2. The summed E-state index contributed by atoms with van der Waals surface area (Å²) in [6, 6.07) is 2.02. The first kappa shape index (κ1) is 17.2. The van der Waals surface area contributed by atoms with Gasteiger partial charge in [0.15, 0.2) is 5.82 Å². The highest BCUT2D eigenvalue weighted by atomic mass is 16.5. The molecular weight excluding hydrogens is 320 g/mol. The van der Waals surface area contributed by atoms with Gasteiger partial charge in [-0.05, 0) is 13.8 Å². The van der Waals surface area contributed by atoms with E-state index in [-0.39, 0.29) is 5.91 Å². The molecule has 1 saturated heterocycles. The monoisotopic (exact) mass is 344 g/mol. The van der Waals surface area contributed by atoms with Crippen molar-refractivity contribution in [3.05, 3.63) is 29.3 Å². The molecule has 0 spiro atoms. The number of nitrogens with zero attached hydrogens (tertiary/aromatic N) is 6. The zero-order valence-electron chi connectivity index (χ0n) is 15.2. The predicted molar refractivity (Wildman–Crippen MR) is 94.8 cm³/mol. The fraction of sp³-hybridized carbons (Fsp3) is 0.529. The van der Waals surface area contributed by atoms with E-state index >= 15 is 0 Å². The highest BCUT2D eigenvalue weighted by Gasteiger charge is 2.24. The van der Waals surface area contributed by atoms with Crippen LogP contribution in [0.5, 0.6) is 0 Å². The molecule has 8 nitrogen and oxygen atoms in total. The Morgan fingerprint density at radius 2 is 1.96 bits per heavy atom. The summed E-state index contributed by atoms with van der Waals surface area (Å²) in [7, 11) is 3.96. The normalized spacial score (nSPS) is 14.7. The van der Waals surface area contributed by atoms with E-state index in [0.29, 0.717) is 19.5 Å². The summed E-state index contributed by atoms with van der Waals surface area (Å²) >= 11 is 0. The van der Waals surface area contributed by atoms with Gasteiger partial charge in [-0.2, -0.15) is 5.10 Å². The summed E-state index contributed by atoms with van der Waals surface area (Å²) in [5.74, 6) is 1.69. The largest absolute Gasteiger partial charge is 0.376 e. The summed E-state index contributed by atoms with van der Waals surface area (Å²) in [4.78, 5) is 18.6. The molecule has 0 bridgehead atoms. The van der Waals surface area contributed by atoms with Gasteiger partial charge in [-0.3, -0.25) is 4.79 Å². The van der Waals surface area contributed by atoms with E-state index in [1.165, 1.54) is 0 Å². The molecule has 0 saturated carbocycles. The number of carbonyl (C=O) groups is 1. The first-order chi connectivity index (χ1) is 12.0. The van der Waals surface area contributed by atoms with Gasteiger partial charge in [-0.15, -0.1) is 5.10 Å². The van der Waals surface area contributed by atoms with Crippen molar-refractivity contribution in [2.45, 2.75) is 20.3 Å². The summed E-state index contributed by atoms with van der Waals surface area (Å²) < 4.78 is 5.14. The lowest BCUT2D eigenvalue weighted by Gasteiger charge is -2.35. The third-order valence-corrected chi connectivity index (χ3v) is 4.61. The molecule has 2 aromatic rings. The lowest BCUT2D eigenvalue weighted by Crippen LogP contribution is -2.49. The summed E-state index contributed by atoms with van der Waals surface area (Å²) in [5.41, 5.74) is 2.71. The third kappa shape index (κ3) is 3.72. The Morgan fingerprint density at radius 1 is 1.24 bits per heavy atom. The molecular formula is C17H24N6O2. The van der Waals surface area contributed by atoms with Crippen LogP contribution in [-0.4, -0.2) is 66.4 Å². The van der Waals surface area contributed by atoms with E-state index in [2.05, 4.69) is 20.3 Å². The topological polar surface area (TPSA) is 78.6 Å². The Labute approximate surface area is 147 Å². The molecule has 3 rings (SSSR count). The zero-order chi connectivity index (χ0) is 18.0. The number of aromatic nitrogens is 3. The van der Waals surface area contributed by atoms with Crippen LogP contribution in [0.15, 0.2) is 16.8 Å². The quantitative estimate of drug-likeness (QED) is 0.820. The Kier molecular flexibility index (Phi) is 4.87. The molecule has 2 aromatic heterocycles. The van der Waals surface area contributed by atoms with Crippen molar-refractivity contribution in [2.75, 3.05) is 50.1 Å². The minimum absolute atomic E-state index is 0.113. The number of carbonyl (C=O) groups excluding carboxylic acids is 1. The lowest BCUT2D eigenvalue weighted by atomic mass is 10.1. The highest BCUT2D eigenvalue weighted by molar-refractivity contribution is 5.79. The van der Waals surface area contributed by atoms with Gasteiger partial charge in [0.05, 0.1) is 24.0 Å². The van der Waals surface area contributed by atoms with Crippen LogP contribution in [-0.2, 0) is 11.2 Å². The SMILES string of the molecule is Cc1noc(C)c1CC(=O)N1CCN(c2cc(N(C)C)cnn2)CC1. The highest BCUT2D eigenvalue weighted by Crippen LogP contribution is 2.19. The van der Waals surface area contributed by atoms with Crippen LogP contribution in [0.1, 0.15) is 17.0 Å². The summed E-state index contributed by atoms with van der Waals surface area (Å²) in [5, 5.41) is 12.2. The molecule has 1 aliphatic rings. The van der Waals surface area contributed by atoms with E-state index in [1.54, 1.807) is 6.20 Å². The van der Waals surface area contributed by atoms with E-state index in [1.807, 2.05) is 43.8 Å². The van der Waals surface area contributed by atoms with Crippen LogP contribution in [0.3, 0.4) is 0 Å². The Balaban J connectivity index is 1.60. The van der Waals surface area contributed by atoms with Gasteiger partial charge in [-0.25, -0.2) is 0 Å². The molecule has 25 heavy (non-hydrogen) atoms. The van der Waals surface area contributed by atoms with Gasteiger partial charge in [-0.1, -0.05) is 5.16 Å². The van der Waals surface area contributed by atoms with Crippen molar-refractivity contribution in [3.8, 4) is 0 Å². The van der Waals surface area contributed by atoms with Crippen molar-refractivity contribution in [3.63, 3.8) is 0 Å². The molecule has 1 amide bonds. The molecule has 0 N–H and O–H groups in total. The maximum atomic E-state index is 12.6. The van der Waals surface area contributed by atoms with Gasteiger partial charge < -0.3 is 19.2 Å². The smallest absolute Gasteiger partial charge is 0.227 e. The maximum absolute atomic E-state index is 12.6. The lowest BCUT2D eigenvalue weighted by molar-refractivity contribution is -0.130. The molecule has 134 valence electrons. The second-order valence-electron chi connectivity index (χ2n) is 6.51. The van der Waals surface area contributed by atoms with E-state index in [0.717, 1.165) is 41.6 Å². The number of aryl methyl sites for hydroxylation is 2. The Morgan fingerprint density at radius 3 is 2.56 bits per heavy atom. The van der Waals surface area contributed by atoms with E-state index < -0.39 is 0 Å². The molecule has 0 aliphatic carbocycles. The molecule has 1 fully saturated rings. The molecule has 0 radical (unpaired) electrons. The summed E-state index contributed by atoms with van der Waals surface area (Å²) in [6.07, 6.45) is 2.09. The molecule has 0 unspecified atom stereocenters. The average Bonchev–Trinajstić information content (AvgIpc) is 2.94. The van der Waals surface area contributed by atoms with Crippen molar-refractivity contribution in [1.82, 2.24) is 20.3 Å². The number of amides is 1. The van der Waals surface area contributed by atoms with E-state index in [4.69, 9.17) is 4.52 Å². The van der Waals surface area contributed by atoms with Gasteiger partial charge in [0.25, 0.3) is 0 Å². The van der Waals surface area contributed by atoms with E-state index in [9.17, 15) is 4.79 Å². The minimum Gasteiger partial charge on any atom is -0.376 e. The minimum atomic E-state index is 0.113. The second kappa shape index (κ2) is 7.08. The standard InChI is InChI=1S/C17H24N6O2/c1-12-15(13(2)25-20-12)10-17(24)23-7-5-22(6-8-23)16-9-14(21(3)4)11-18-19-16/h9,11H,5-8,10H2,1-4H3. The van der Waals surface area contributed by atoms with Gasteiger partial charge >= 0.3 is 0 Å². The predicted octanol–water partition coefficient (Wildman–Crippen LogP) is 1.04. The van der Waals surface area contributed by atoms with Crippen molar-refractivity contribution in [2.24, 2.45) is 0 Å². The first-order valence-corrected chi connectivity index (χ1v) is 8.40. The molecule has 8 heteroatoms. The fourth-order valence-corrected chi connectivity index (χ4v) is 2.95. The van der Waals surface area contributed by atoms with Crippen molar-refractivity contribution >= 4 is 17.4 Å². The van der Waals surface area contributed by atoms with Crippen LogP contribution >= 0.6 is 0 Å². The number of piperazine rings is 1. The second-order valence-corrected chi connectivity index (χ2v) is 6.51. The maximum Gasteiger partial charge on any atom is 0.227 e. The molecule has 0 aromatic carbocycles. The number of rotatable bonds is 4. The number of hydrogen-bond donors (Lipinski definition) is 0. The van der Waals surface area contributed by atoms with Crippen LogP contribution in [0.2, 0.25) is 0 Å². The van der Waals surface area contributed by atoms with Crippen LogP contribution < -0.4 is 9.80 Å². The Bertz CT molecular complexity index is 730. The van der Waals surface area contributed by atoms with Gasteiger partial charge in [0.1, 0.15) is 5.76 Å². The van der Waals surface area contributed by atoms with Crippen molar-refractivity contribution < 1.29 is 9.32 Å². The fourth-order valence-electron chi connectivity index (χ4n) is 2.95. The average molecular weight is 344 g/mol. The molecule has 3 heterocycles. The van der Waals surface area contributed by atoms with Gasteiger partial charge in [0.2, 0.25) is 5.91 Å². The Hall–Kier alpha value is -2.64. The van der Waals surface area contributed by atoms with Crippen LogP contribution in [0.4, 0.5) is 11.5 Å². The van der Waals surface area contributed by atoms with Crippen LogP contribution in [0.25, 0.3) is 0 Å². The van der Waals surface area contributed by atoms with Gasteiger partial charge in [0, 0.05) is 51.9 Å². The molecule has 1 aliphatic heterocycles. The molecule has 0 atom stereocenters.